The average molecular weight is 291 g/mol. The van der Waals surface area contributed by atoms with Crippen molar-refractivity contribution in [2.45, 2.75) is 26.7 Å². The van der Waals surface area contributed by atoms with Crippen molar-refractivity contribution in [3.05, 3.63) is 33.9 Å². The minimum atomic E-state index is -0.433. The highest BCUT2D eigenvalue weighted by Gasteiger charge is 2.19. The largest absolute Gasteiger partial charge is 0.325 e. The van der Waals surface area contributed by atoms with E-state index in [9.17, 15) is 14.9 Å². The Labute approximate surface area is 124 Å². The first-order valence-electron chi connectivity index (χ1n) is 7.23. The van der Waals surface area contributed by atoms with E-state index in [0.29, 0.717) is 23.7 Å². The number of aryl methyl sites for hydroxylation is 1. The second kappa shape index (κ2) is 6.67. The minimum Gasteiger partial charge on any atom is -0.325 e. The molecule has 0 bridgehead atoms. The number of carbonyl (C=O) groups excluding carboxylic acids is 1. The van der Waals surface area contributed by atoms with Crippen molar-refractivity contribution in [3.63, 3.8) is 0 Å². The van der Waals surface area contributed by atoms with E-state index in [-0.39, 0.29) is 11.6 Å². The van der Waals surface area contributed by atoms with E-state index in [4.69, 9.17) is 0 Å². The number of amides is 1. The summed E-state index contributed by atoms with van der Waals surface area (Å²) in [6.07, 6.45) is 2.33. The number of nitrogens with zero attached hydrogens (tertiary/aromatic N) is 2. The van der Waals surface area contributed by atoms with E-state index >= 15 is 0 Å². The predicted octanol–water partition coefficient (Wildman–Crippen LogP) is 2.57. The van der Waals surface area contributed by atoms with Gasteiger partial charge in [0.05, 0.1) is 11.5 Å². The zero-order valence-electron chi connectivity index (χ0n) is 12.5. The highest BCUT2D eigenvalue weighted by atomic mass is 16.6. The molecule has 1 atom stereocenters. The Morgan fingerprint density at radius 1 is 1.52 bits per heavy atom. The van der Waals surface area contributed by atoms with Crippen molar-refractivity contribution in [1.29, 1.82) is 0 Å². The molecule has 1 fully saturated rings. The molecular weight excluding hydrogens is 270 g/mol. The molecule has 114 valence electrons. The van der Waals surface area contributed by atoms with Crippen LogP contribution < -0.4 is 5.32 Å². The highest BCUT2D eigenvalue weighted by molar-refractivity contribution is 5.92. The van der Waals surface area contributed by atoms with Crippen molar-refractivity contribution in [2.75, 3.05) is 25.0 Å². The first-order chi connectivity index (χ1) is 9.95. The maximum Gasteiger partial charge on any atom is 0.274 e. The molecule has 6 heteroatoms. The summed E-state index contributed by atoms with van der Waals surface area (Å²) in [5, 5.41) is 13.6. The van der Waals surface area contributed by atoms with Gasteiger partial charge in [0.1, 0.15) is 0 Å². The molecule has 2 rings (SSSR count). The summed E-state index contributed by atoms with van der Waals surface area (Å²) in [5.41, 5.74) is 1.09. The Balaban J connectivity index is 1.96. The third kappa shape index (κ3) is 4.26. The number of anilines is 1. The quantitative estimate of drug-likeness (QED) is 0.683. The molecule has 1 aliphatic heterocycles. The van der Waals surface area contributed by atoms with Gasteiger partial charge in [0.25, 0.3) is 5.69 Å². The summed E-state index contributed by atoms with van der Waals surface area (Å²) in [6, 6.07) is 4.75. The van der Waals surface area contributed by atoms with Gasteiger partial charge in [-0.05, 0) is 38.3 Å². The summed E-state index contributed by atoms with van der Waals surface area (Å²) in [4.78, 5) is 24.6. The molecule has 1 saturated heterocycles. The molecule has 6 nitrogen and oxygen atoms in total. The van der Waals surface area contributed by atoms with Crippen LogP contribution in [0.3, 0.4) is 0 Å². The van der Waals surface area contributed by atoms with Gasteiger partial charge in [-0.2, -0.15) is 0 Å². The number of nitrogens with one attached hydrogen (secondary N) is 1. The minimum absolute atomic E-state index is 0.0272. The third-order valence-electron chi connectivity index (χ3n) is 3.80. The number of likely N-dealkylation sites (tertiary alicyclic amines) is 1. The predicted molar refractivity (Wildman–Crippen MR) is 81.3 cm³/mol. The van der Waals surface area contributed by atoms with Gasteiger partial charge in [0.2, 0.25) is 5.91 Å². The lowest BCUT2D eigenvalue weighted by molar-refractivity contribution is -0.385. The van der Waals surface area contributed by atoms with Gasteiger partial charge in [-0.3, -0.25) is 19.8 Å². The second-order valence-electron chi connectivity index (χ2n) is 5.79. The van der Waals surface area contributed by atoms with Crippen LogP contribution in [-0.2, 0) is 4.79 Å². The molecule has 0 spiro atoms. The normalized spacial score (nSPS) is 19.2. The van der Waals surface area contributed by atoms with Crippen LogP contribution in [0.1, 0.15) is 25.3 Å². The van der Waals surface area contributed by atoms with Gasteiger partial charge in [-0.15, -0.1) is 0 Å². The molecule has 1 amide bonds. The van der Waals surface area contributed by atoms with Gasteiger partial charge >= 0.3 is 0 Å². The number of carbonyl (C=O) groups is 1. The Morgan fingerprint density at radius 2 is 2.29 bits per heavy atom. The Kier molecular flexibility index (Phi) is 4.90. The van der Waals surface area contributed by atoms with E-state index < -0.39 is 4.92 Å². The topological polar surface area (TPSA) is 75.5 Å². The first kappa shape index (κ1) is 15.4. The highest BCUT2D eigenvalue weighted by Crippen LogP contribution is 2.22. The summed E-state index contributed by atoms with van der Waals surface area (Å²) in [6.45, 7) is 6.07. The molecule has 0 saturated carbocycles. The monoisotopic (exact) mass is 291 g/mol. The fraction of sp³-hybridized carbons (Fsp3) is 0.533. The SMILES string of the molecule is Cc1ccc(NC(=O)CN2CCCC(C)C2)cc1[N+](=O)[O-]. The van der Waals surface area contributed by atoms with Crippen LogP contribution in [0.25, 0.3) is 0 Å². The summed E-state index contributed by atoms with van der Waals surface area (Å²) in [5.74, 6) is 0.495. The molecule has 0 aromatic heterocycles. The molecule has 1 aliphatic rings. The van der Waals surface area contributed by atoms with Crippen molar-refractivity contribution in [1.82, 2.24) is 4.90 Å². The standard InChI is InChI=1S/C15H21N3O3/c1-11-4-3-7-17(9-11)10-15(19)16-13-6-5-12(2)14(8-13)18(20)21/h5-6,8,11H,3-4,7,9-10H2,1-2H3,(H,16,19). The number of hydrogen-bond acceptors (Lipinski definition) is 4. The van der Waals surface area contributed by atoms with Gasteiger partial charge in [-0.1, -0.05) is 13.0 Å². The summed E-state index contributed by atoms with van der Waals surface area (Å²) >= 11 is 0. The first-order valence-corrected chi connectivity index (χ1v) is 7.23. The number of hydrogen-bond donors (Lipinski definition) is 1. The molecule has 1 unspecified atom stereocenters. The Hall–Kier alpha value is -1.95. The summed E-state index contributed by atoms with van der Waals surface area (Å²) < 4.78 is 0. The maximum absolute atomic E-state index is 12.0. The zero-order chi connectivity index (χ0) is 15.4. The van der Waals surface area contributed by atoms with Crippen molar-refractivity contribution < 1.29 is 9.72 Å². The zero-order valence-corrected chi connectivity index (χ0v) is 12.5. The lowest BCUT2D eigenvalue weighted by Crippen LogP contribution is -2.39. The number of piperidine rings is 1. The molecule has 21 heavy (non-hydrogen) atoms. The molecule has 1 aromatic carbocycles. The van der Waals surface area contributed by atoms with Crippen LogP contribution in [-0.4, -0.2) is 35.4 Å². The van der Waals surface area contributed by atoms with Gasteiger partial charge in [0.15, 0.2) is 0 Å². The van der Waals surface area contributed by atoms with E-state index in [1.165, 1.54) is 12.5 Å². The molecule has 0 radical (unpaired) electrons. The average Bonchev–Trinajstić information content (AvgIpc) is 2.40. The lowest BCUT2D eigenvalue weighted by atomic mass is 10.0. The molecular formula is C15H21N3O3. The van der Waals surface area contributed by atoms with Gasteiger partial charge < -0.3 is 5.32 Å². The van der Waals surface area contributed by atoms with E-state index in [2.05, 4.69) is 17.1 Å². The molecule has 1 N–H and O–H groups in total. The fourth-order valence-corrected chi connectivity index (χ4v) is 2.72. The molecule has 1 heterocycles. The Morgan fingerprint density at radius 3 is 2.95 bits per heavy atom. The van der Waals surface area contributed by atoms with E-state index in [1.807, 2.05) is 0 Å². The van der Waals surface area contributed by atoms with Crippen molar-refractivity contribution in [3.8, 4) is 0 Å². The van der Waals surface area contributed by atoms with Crippen molar-refractivity contribution >= 4 is 17.3 Å². The fourth-order valence-electron chi connectivity index (χ4n) is 2.72. The van der Waals surface area contributed by atoms with Crippen LogP contribution in [0, 0.1) is 23.0 Å². The van der Waals surface area contributed by atoms with Crippen LogP contribution in [0.15, 0.2) is 18.2 Å². The van der Waals surface area contributed by atoms with Gasteiger partial charge in [-0.25, -0.2) is 0 Å². The van der Waals surface area contributed by atoms with Crippen LogP contribution >= 0.6 is 0 Å². The van der Waals surface area contributed by atoms with Crippen molar-refractivity contribution in [2.24, 2.45) is 5.92 Å². The number of nitro groups is 1. The second-order valence-corrected chi connectivity index (χ2v) is 5.79. The van der Waals surface area contributed by atoms with Crippen LogP contribution in [0.4, 0.5) is 11.4 Å². The summed E-state index contributed by atoms with van der Waals surface area (Å²) in [7, 11) is 0. The smallest absolute Gasteiger partial charge is 0.274 e. The van der Waals surface area contributed by atoms with Crippen LogP contribution in [0.5, 0.6) is 0 Å². The Bertz CT molecular complexity index is 545. The van der Waals surface area contributed by atoms with E-state index in [1.54, 1.807) is 19.1 Å². The number of nitro benzene ring substituents is 1. The molecule has 1 aromatic rings. The third-order valence-corrected chi connectivity index (χ3v) is 3.80. The number of rotatable bonds is 4. The maximum atomic E-state index is 12.0. The lowest BCUT2D eigenvalue weighted by Gasteiger charge is -2.30. The van der Waals surface area contributed by atoms with Gasteiger partial charge in [0, 0.05) is 23.9 Å². The van der Waals surface area contributed by atoms with E-state index in [0.717, 1.165) is 19.5 Å². The molecule has 0 aliphatic carbocycles. The van der Waals surface area contributed by atoms with Crippen LogP contribution in [0.2, 0.25) is 0 Å². The number of benzene rings is 1.